The molecule has 0 rings (SSSR count). The molecule has 0 saturated carbocycles. The van der Waals surface area contributed by atoms with Crippen LogP contribution in [0.25, 0.3) is 0 Å². The molecule has 0 saturated heterocycles. The lowest BCUT2D eigenvalue weighted by atomic mass is 9.92. The lowest BCUT2D eigenvalue weighted by Crippen LogP contribution is -2.37. The molecule has 12 heavy (non-hydrogen) atoms. The highest BCUT2D eigenvalue weighted by Gasteiger charge is 2.19. The molecule has 0 aliphatic heterocycles. The number of hydrogen-bond donors (Lipinski definition) is 1. The Kier molecular flexibility index (Phi) is 5.14. The summed E-state index contributed by atoms with van der Waals surface area (Å²) in [6, 6.07) is -0.252. The monoisotopic (exact) mass is 171 g/mol. The van der Waals surface area contributed by atoms with Gasteiger partial charge >= 0.3 is 0 Å². The van der Waals surface area contributed by atoms with Gasteiger partial charge in [-0.1, -0.05) is 34.1 Å². The molecule has 2 N–H and O–H groups in total. The molecule has 0 aliphatic carbocycles. The van der Waals surface area contributed by atoms with Gasteiger partial charge in [0.25, 0.3) is 0 Å². The first-order chi connectivity index (χ1) is 5.49. The van der Waals surface area contributed by atoms with E-state index in [0.29, 0.717) is 18.3 Å². The van der Waals surface area contributed by atoms with E-state index in [4.69, 9.17) is 5.73 Å². The fourth-order valence-electron chi connectivity index (χ4n) is 1.11. The van der Waals surface area contributed by atoms with Crippen LogP contribution in [-0.4, -0.2) is 11.8 Å². The average Bonchev–Trinajstić information content (AvgIpc) is 2.00. The molecule has 0 heterocycles. The number of nitrogens with two attached hydrogens (primary N) is 1. The quantitative estimate of drug-likeness (QED) is 0.687. The van der Waals surface area contributed by atoms with Crippen molar-refractivity contribution in [2.75, 3.05) is 0 Å². The fraction of sp³-hybridized carbons (Fsp3) is 0.900. The van der Waals surface area contributed by atoms with Crippen molar-refractivity contribution in [2.45, 2.75) is 46.6 Å². The van der Waals surface area contributed by atoms with Gasteiger partial charge in [0.15, 0.2) is 0 Å². The zero-order valence-electron chi connectivity index (χ0n) is 8.63. The predicted octanol–water partition coefficient (Wildman–Crippen LogP) is 1.98. The topological polar surface area (TPSA) is 43.1 Å². The van der Waals surface area contributed by atoms with Crippen LogP contribution in [-0.2, 0) is 4.79 Å². The summed E-state index contributed by atoms with van der Waals surface area (Å²) in [5.41, 5.74) is 5.77. The Balaban J connectivity index is 3.92. The van der Waals surface area contributed by atoms with Crippen LogP contribution in [0.3, 0.4) is 0 Å². The first kappa shape index (κ1) is 11.6. The van der Waals surface area contributed by atoms with E-state index < -0.39 is 0 Å². The van der Waals surface area contributed by atoms with Crippen LogP contribution in [0.4, 0.5) is 0 Å². The molecule has 0 radical (unpaired) electrons. The molecular formula is C10H21NO. The van der Waals surface area contributed by atoms with Crippen LogP contribution >= 0.6 is 0 Å². The number of carbonyl (C=O) groups is 1. The van der Waals surface area contributed by atoms with Crippen molar-refractivity contribution in [3.05, 3.63) is 0 Å². The second kappa shape index (κ2) is 5.31. The summed E-state index contributed by atoms with van der Waals surface area (Å²) in [7, 11) is 0. The second-order valence-corrected chi connectivity index (χ2v) is 3.98. The van der Waals surface area contributed by atoms with Crippen LogP contribution in [0.1, 0.15) is 40.5 Å². The first-order valence-corrected chi connectivity index (χ1v) is 4.77. The molecule has 2 nitrogen and oxygen atoms in total. The van der Waals surface area contributed by atoms with Gasteiger partial charge in [0, 0.05) is 6.42 Å². The third-order valence-electron chi connectivity index (χ3n) is 2.24. The molecular weight excluding hydrogens is 150 g/mol. The van der Waals surface area contributed by atoms with Gasteiger partial charge < -0.3 is 5.73 Å². The van der Waals surface area contributed by atoms with Crippen LogP contribution in [0.2, 0.25) is 0 Å². The standard InChI is InChI=1S/C10H21NO/c1-5-8(4)10(11)9(12)6-7(2)3/h7-8,10H,5-6,11H2,1-4H3. The Hall–Kier alpha value is -0.370. The SMILES string of the molecule is CCC(C)C(N)C(=O)CC(C)C. The van der Waals surface area contributed by atoms with Gasteiger partial charge in [-0.3, -0.25) is 4.79 Å². The Morgan fingerprint density at radius 1 is 1.33 bits per heavy atom. The van der Waals surface area contributed by atoms with Crippen molar-refractivity contribution in [2.24, 2.45) is 17.6 Å². The number of hydrogen-bond acceptors (Lipinski definition) is 2. The van der Waals surface area contributed by atoms with Crippen molar-refractivity contribution in [3.8, 4) is 0 Å². The molecule has 0 aromatic carbocycles. The van der Waals surface area contributed by atoms with Crippen molar-refractivity contribution in [1.29, 1.82) is 0 Å². The maximum atomic E-state index is 11.4. The summed E-state index contributed by atoms with van der Waals surface area (Å²) in [4.78, 5) is 11.4. The van der Waals surface area contributed by atoms with E-state index >= 15 is 0 Å². The Bertz CT molecular complexity index is 143. The summed E-state index contributed by atoms with van der Waals surface area (Å²) in [6.07, 6.45) is 1.59. The zero-order chi connectivity index (χ0) is 9.72. The third kappa shape index (κ3) is 3.86. The molecule has 0 fully saturated rings. The molecule has 0 aliphatic rings. The smallest absolute Gasteiger partial charge is 0.150 e. The van der Waals surface area contributed by atoms with E-state index in [1.165, 1.54) is 0 Å². The van der Waals surface area contributed by atoms with Crippen LogP contribution in [0.15, 0.2) is 0 Å². The second-order valence-electron chi connectivity index (χ2n) is 3.98. The Morgan fingerprint density at radius 2 is 1.83 bits per heavy atom. The van der Waals surface area contributed by atoms with Crippen LogP contribution < -0.4 is 5.73 Å². The van der Waals surface area contributed by atoms with E-state index in [1.807, 2.05) is 20.8 Å². The predicted molar refractivity (Wildman–Crippen MR) is 51.9 cm³/mol. The Labute approximate surface area is 75.5 Å². The summed E-state index contributed by atoms with van der Waals surface area (Å²) in [5, 5.41) is 0. The first-order valence-electron chi connectivity index (χ1n) is 4.77. The maximum absolute atomic E-state index is 11.4. The minimum atomic E-state index is -0.252. The van der Waals surface area contributed by atoms with Gasteiger partial charge in [0.1, 0.15) is 5.78 Å². The minimum Gasteiger partial charge on any atom is -0.321 e. The lowest BCUT2D eigenvalue weighted by Gasteiger charge is -2.17. The van der Waals surface area contributed by atoms with Crippen LogP contribution in [0, 0.1) is 11.8 Å². The molecule has 72 valence electrons. The van der Waals surface area contributed by atoms with E-state index in [1.54, 1.807) is 0 Å². The van der Waals surface area contributed by atoms with Crippen molar-refractivity contribution in [1.82, 2.24) is 0 Å². The van der Waals surface area contributed by atoms with Gasteiger partial charge in [-0.15, -0.1) is 0 Å². The zero-order valence-corrected chi connectivity index (χ0v) is 8.63. The molecule has 0 spiro atoms. The molecule has 0 aromatic rings. The lowest BCUT2D eigenvalue weighted by molar-refractivity contribution is -0.122. The van der Waals surface area contributed by atoms with Gasteiger partial charge in [0.05, 0.1) is 6.04 Å². The maximum Gasteiger partial charge on any atom is 0.150 e. The fourth-order valence-corrected chi connectivity index (χ4v) is 1.11. The number of ketones is 1. The van der Waals surface area contributed by atoms with Crippen molar-refractivity contribution >= 4 is 5.78 Å². The highest BCUT2D eigenvalue weighted by atomic mass is 16.1. The Morgan fingerprint density at radius 3 is 2.17 bits per heavy atom. The van der Waals surface area contributed by atoms with Gasteiger partial charge in [-0.05, 0) is 11.8 Å². The summed E-state index contributed by atoms with van der Waals surface area (Å²) in [5.74, 6) is 0.947. The number of carbonyl (C=O) groups excluding carboxylic acids is 1. The minimum absolute atomic E-state index is 0.208. The molecule has 0 aromatic heterocycles. The van der Waals surface area contributed by atoms with Gasteiger partial charge in [-0.25, -0.2) is 0 Å². The summed E-state index contributed by atoms with van der Waals surface area (Å²) < 4.78 is 0. The largest absolute Gasteiger partial charge is 0.321 e. The van der Waals surface area contributed by atoms with E-state index in [0.717, 1.165) is 6.42 Å². The number of rotatable bonds is 5. The third-order valence-corrected chi connectivity index (χ3v) is 2.24. The summed E-state index contributed by atoms with van der Waals surface area (Å²) in [6.45, 7) is 8.18. The van der Waals surface area contributed by atoms with Crippen molar-refractivity contribution in [3.63, 3.8) is 0 Å². The molecule has 2 atom stereocenters. The number of Topliss-reactive ketones (excluding diaryl/α,β-unsaturated/α-hetero) is 1. The molecule has 0 amide bonds. The van der Waals surface area contributed by atoms with E-state index in [9.17, 15) is 4.79 Å². The van der Waals surface area contributed by atoms with Crippen molar-refractivity contribution < 1.29 is 4.79 Å². The normalized spacial score (nSPS) is 16.2. The molecule has 0 bridgehead atoms. The van der Waals surface area contributed by atoms with Gasteiger partial charge in [0.2, 0.25) is 0 Å². The average molecular weight is 171 g/mol. The molecule has 2 heteroatoms. The summed E-state index contributed by atoms with van der Waals surface area (Å²) >= 11 is 0. The van der Waals surface area contributed by atoms with Crippen LogP contribution in [0.5, 0.6) is 0 Å². The van der Waals surface area contributed by atoms with Gasteiger partial charge in [-0.2, -0.15) is 0 Å². The van der Waals surface area contributed by atoms with E-state index in [2.05, 4.69) is 6.92 Å². The molecule has 2 unspecified atom stereocenters. The highest BCUT2D eigenvalue weighted by Crippen LogP contribution is 2.10. The van der Waals surface area contributed by atoms with E-state index in [-0.39, 0.29) is 11.8 Å². The highest BCUT2D eigenvalue weighted by molar-refractivity contribution is 5.84.